The molecule has 0 saturated carbocycles. The summed E-state index contributed by atoms with van der Waals surface area (Å²) in [6, 6.07) is 0. The molecule has 74 valence electrons. The van der Waals surface area contributed by atoms with Gasteiger partial charge in [-0.2, -0.15) is 0 Å². The number of aliphatic hydroxyl groups is 1. The van der Waals surface area contributed by atoms with Crippen LogP contribution in [0.2, 0.25) is 0 Å². The van der Waals surface area contributed by atoms with E-state index >= 15 is 0 Å². The summed E-state index contributed by atoms with van der Waals surface area (Å²) in [7, 11) is 0. The van der Waals surface area contributed by atoms with Crippen molar-refractivity contribution in [1.82, 2.24) is 10.2 Å². The van der Waals surface area contributed by atoms with Crippen molar-refractivity contribution in [1.29, 1.82) is 0 Å². The summed E-state index contributed by atoms with van der Waals surface area (Å²) in [6.45, 7) is 3.76. The van der Waals surface area contributed by atoms with Gasteiger partial charge in [0.1, 0.15) is 0 Å². The predicted octanol–water partition coefficient (Wildman–Crippen LogP) is 1.37. The first kappa shape index (κ1) is 10.7. The summed E-state index contributed by atoms with van der Waals surface area (Å²) >= 11 is 2.83. The molecule has 6 heteroatoms. The fourth-order valence-corrected chi connectivity index (χ4v) is 2.35. The predicted molar refractivity (Wildman–Crippen MR) is 56.0 cm³/mol. The van der Waals surface area contributed by atoms with Crippen molar-refractivity contribution in [2.45, 2.75) is 30.2 Å². The standard InChI is InChI=1S/C7H13N3OS2/c1-3-7(2,11)4-12-6-10-9-5(8)13-6/h11H,3-4H2,1-2H3,(H2,8,9). The van der Waals surface area contributed by atoms with Gasteiger partial charge in [0.25, 0.3) is 0 Å². The second kappa shape index (κ2) is 4.26. The largest absolute Gasteiger partial charge is 0.389 e. The van der Waals surface area contributed by atoms with E-state index in [9.17, 15) is 5.11 Å². The van der Waals surface area contributed by atoms with Gasteiger partial charge in [0, 0.05) is 5.75 Å². The third kappa shape index (κ3) is 3.50. The molecule has 3 N–H and O–H groups in total. The summed E-state index contributed by atoms with van der Waals surface area (Å²) in [6.07, 6.45) is 0.730. The fourth-order valence-electron chi connectivity index (χ4n) is 0.598. The normalized spacial score (nSPS) is 15.6. The molecule has 1 rings (SSSR count). The SMILES string of the molecule is CCC(C)(O)CSc1nnc(N)s1. The highest BCUT2D eigenvalue weighted by atomic mass is 32.2. The zero-order valence-corrected chi connectivity index (χ0v) is 9.28. The minimum atomic E-state index is -0.634. The molecule has 0 radical (unpaired) electrons. The van der Waals surface area contributed by atoms with E-state index in [1.54, 1.807) is 0 Å². The number of nitrogens with two attached hydrogens (primary N) is 1. The lowest BCUT2D eigenvalue weighted by molar-refractivity contribution is 0.0816. The number of nitrogens with zero attached hydrogens (tertiary/aromatic N) is 2. The number of nitrogen functional groups attached to an aromatic ring is 1. The van der Waals surface area contributed by atoms with E-state index in [1.807, 2.05) is 13.8 Å². The topological polar surface area (TPSA) is 72.0 Å². The van der Waals surface area contributed by atoms with Gasteiger partial charge >= 0.3 is 0 Å². The number of thioether (sulfide) groups is 1. The van der Waals surface area contributed by atoms with E-state index in [0.29, 0.717) is 10.9 Å². The quantitative estimate of drug-likeness (QED) is 0.748. The Kier molecular flexibility index (Phi) is 3.52. The third-order valence-electron chi connectivity index (χ3n) is 1.69. The molecule has 0 aliphatic heterocycles. The summed E-state index contributed by atoms with van der Waals surface area (Å²) in [5, 5.41) is 17.7. The number of rotatable bonds is 4. The molecule has 1 aromatic heterocycles. The molecule has 0 fully saturated rings. The second-order valence-electron chi connectivity index (χ2n) is 3.05. The Balaban J connectivity index is 2.43. The van der Waals surface area contributed by atoms with Crippen LogP contribution in [0, 0.1) is 0 Å². The lowest BCUT2D eigenvalue weighted by Crippen LogP contribution is -2.25. The van der Waals surface area contributed by atoms with Crippen LogP contribution in [0.3, 0.4) is 0 Å². The number of hydrogen-bond donors (Lipinski definition) is 2. The maximum Gasteiger partial charge on any atom is 0.203 e. The van der Waals surface area contributed by atoms with Crippen LogP contribution < -0.4 is 5.73 Å². The Bertz CT molecular complexity index is 274. The van der Waals surface area contributed by atoms with Crippen LogP contribution >= 0.6 is 23.1 Å². The molecule has 13 heavy (non-hydrogen) atoms. The smallest absolute Gasteiger partial charge is 0.203 e. The molecule has 0 amide bonds. The Morgan fingerprint density at radius 1 is 1.62 bits per heavy atom. The average Bonchev–Trinajstić information content (AvgIpc) is 2.48. The molecule has 4 nitrogen and oxygen atoms in total. The lowest BCUT2D eigenvalue weighted by atomic mass is 10.1. The van der Waals surface area contributed by atoms with E-state index in [1.165, 1.54) is 23.1 Å². The van der Waals surface area contributed by atoms with Crippen LogP contribution in [0.5, 0.6) is 0 Å². The molecule has 1 aromatic rings. The molecule has 1 unspecified atom stereocenters. The maximum absolute atomic E-state index is 9.70. The molecule has 0 aliphatic rings. The monoisotopic (exact) mass is 219 g/mol. The third-order valence-corrected chi connectivity index (χ3v) is 3.94. The molecule has 0 saturated heterocycles. The fraction of sp³-hybridized carbons (Fsp3) is 0.714. The highest BCUT2D eigenvalue weighted by molar-refractivity contribution is 8.01. The average molecular weight is 219 g/mol. The van der Waals surface area contributed by atoms with E-state index in [4.69, 9.17) is 5.73 Å². The van der Waals surface area contributed by atoms with Crippen LogP contribution in [-0.4, -0.2) is 26.7 Å². The van der Waals surface area contributed by atoms with Gasteiger partial charge in [-0.3, -0.25) is 0 Å². The van der Waals surface area contributed by atoms with Crippen LogP contribution in [0.15, 0.2) is 4.34 Å². The van der Waals surface area contributed by atoms with Crippen molar-refractivity contribution < 1.29 is 5.11 Å². The Morgan fingerprint density at radius 2 is 2.31 bits per heavy atom. The van der Waals surface area contributed by atoms with Gasteiger partial charge in [-0.25, -0.2) is 0 Å². The highest BCUT2D eigenvalue weighted by Crippen LogP contribution is 2.27. The molecule has 0 spiro atoms. The van der Waals surface area contributed by atoms with Crippen molar-refractivity contribution >= 4 is 28.2 Å². The van der Waals surface area contributed by atoms with E-state index in [0.717, 1.165) is 10.8 Å². The van der Waals surface area contributed by atoms with Gasteiger partial charge in [-0.05, 0) is 13.3 Å². The van der Waals surface area contributed by atoms with Crippen LogP contribution in [0.25, 0.3) is 0 Å². The van der Waals surface area contributed by atoms with Gasteiger partial charge in [-0.1, -0.05) is 30.0 Å². The Labute approximate surface area is 85.6 Å². The van der Waals surface area contributed by atoms with E-state index < -0.39 is 5.60 Å². The number of anilines is 1. The summed E-state index contributed by atoms with van der Waals surface area (Å²) < 4.78 is 0.811. The first-order valence-corrected chi connectivity index (χ1v) is 5.78. The van der Waals surface area contributed by atoms with Crippen LogP contribution in [-0.2, 0) is 0 Å². The molecule has 0 aliphatic carbocycles. The maximum atomic E-state index is 9.70. The number of aromatic nitrogens is 2. The summed E-state index contributed by atoms with van der Waals surface area (Å²) in [5.74, 6) is 0.623. The zero-order chi connectivity index (χ0) is 9.90. The molecule has 1 atom stereocenters. The lowest BCUT2D eigenvalue weighted by Gasteiger charge is -2.19. The van der Waals surface area contributed by atoms with Gasteiger partial charge in [-0.15, -0.1) is 10.2 Å². The van der Waals surface area contributed by atoms with Gasteiger partial charge in [0.2, 0.25) is 5.13 Å². The van der Waals surface area contributed by atoms with Crippen molar-refractivity contribution in [2.24, 2.45) is 0 Å². The van der Waals surface area contributed by atoms with E-state index in [2.05, 4.69) is 10.2 Å². The van der Waals surface area contributed by atoms with E-state index in [-0.39, 0.29) is 0 Å². The Morgan fingerprint density at radius 3 is 2.77 bits per heavy atom. The second-order valence-corrected chi connectivity index (χ2v) is 5.28. The van der Waals surface area contributed by atoms with Crippen LogP contribution in [0.4, 0.5) is 5.13 Å². The first-order valence-electron chi connectivity index (χ1n) is 3.97. The van der Waals surface area contributed by atoms with Gasteiger partial charge in [0.05, 0.1) is 5.60 Å². The molecule has 0 bridgehead atoms. The molecule has 0 aromatic carbocycles. The van der Waals surface area contributed by atoms with Crippen LogP contribution in [0.1, 0.15) is 20.3 Å². The molecular formula is C7H13N3OS2. The number of hydrogen-bond acceptors (Lipinski definition) is 6. The molecular weight excluding hydrogens is 206 g/mol. The van der Waals surface area contributed by atoms with Crippen molar-refractivity contribution in [3.63, 3.8) is 0 Å². The van der Waals surface area contributed by atoms with Crippen molar-refractivity contribution in [2.75, 3.05) is 11.5 Å². The minimum absolute atomic E-state index is 0.471. The summed E-state index contributed by atoms with van der Waals surface area (Å²) in [5.41, 5.74) is 4.79. The summed E-state index contributed by atoms with van der Waals surface area (Å²) in [4.78, 5) is 0. The zero-order valence-electron chi connectivity index (χ0n) is 7.65. The van der Waals surface area contributed by atoms with Crippen molar-refractivity contribution in [3.8, 4) is 0 Å². The Hall–Kier alpha value is -0.330. The minimum Gasteiger partial charge on any atom is -0.389 e. The first-order chi connectivity index (χ1) is 6.03. The van der Waals surface area contributed by atoms with Gasteiger partial charge < -0.3 is 10.8 Å². The van der Waals surface area contributed by atoms with Gasteiger partial charge in [0.15, 0.2) is 4.34 Å². The highest BCUT2D eigenvalue weighted by Gasteiger charge is 2.18. The molecule has 1 heterocycles. The van der Waals surface area contributed by atoms with Crippen molar-refractivity contribution in [3.05, 3.63) is 0 Å².